The van der Waals surface area contributed by atoms with Crippen molar-refractivity contribution in [1.82, 2.24) is 24.3 Å². The van der Waals surface area contributed by atoms with Crippen LogP contribution in [-0.4, -0.2) is 32.7 Å². The Labute approximate surface area is 222 Å². The molecule has 8 nitrogen and oxygen atoms in total. The molecule has 0 radical (unpaired) electrons. The van der Waals surface area contributed by atoms with Gasteiger partial charge in [-0.05, 0) is 54.1 Å². The van der Waals surface area contributed by atoms with E-state index in [9.17, 15) is 17.2 Å². The van der Waals surface area contributed by atoms with Crippen molar-refractivity contribution in [3.8, 4) is 27.9 Å². The molecule has 3 heterocycles. The highest BCUT2D eigenvalue weighted by Crippen LogP contribution is 2.32. The van der Waals surface area contributed by atoms with Gasteiger partial charge in [-0.25, -0.2) is 27.2 Å². The van der Waals surface area contributed by atoms with Crippen molar-refractivity contribution in [2.24, 2.45) is 7.05 Å². The van der Waals surface area contributed by atoms with Crippen molar-refractivity contribution in [3.63, 3.8) is 0 Å². The van der Waals surface area contributed by atoms with Gasteiger partial charge in [-0.3, -0.25) is 14.0 Å². The summed E-state index contributed by atoms with van der Waals surface area (Å²) in [5, 5.41) is 4.19. The molecule has 6 rings (SSSR count). The fourth-order valence-electron chi connectivity index (χ4n) is 4.32. The molecule has 3 aromatic heterocycles. The summed E-state index contributed by atoms with van der Waals surface area (Å²) < 4.78 is 60.5. The summed E-state index contributed by atoms with van der Waals surface area (Å²) in [5.74, 6) is -1.50. The maximum Gasteiger partial charge on any atom is 0.261 e. The molecule has 0 bridgehead atoms. The molecule has 0 saturated carbocycles. The van der Waals surface area contributed by atoms with Crippen molar-refractivity contribution < 1.29 is 17.2 Å². The number of pyridine rings is 1. The third-order valence-electron chi connectivity index (χ3n) is 6.17. The van der Waals surface area contributed by atoms with Crippen LogP contribution < -0.4 is 4.72 Å². The zero-order chi connectivity index (χ0) is 27.1. The highest BCUT2D eigenvalue weighted by atomic mass is 32.2. The van der Waals surface area contributed by atoms with Gasteiger partial charge in [0.25, 0.3) is 10.0 Å². The second-order valence-corrected chi connectivity index (χ2v) is 10.6. The van der Waals surface area contributed by atoms with E-state index >= 15 is 0 Å². The zero-order valence-corrected chi connectivity index (χ0v) is 21.3. The first kappa shape index (κ1) is 24.4. The van der Waals surface area contributed by atoms with Gasteiger partial charge in [-0.2, -0.15) is 5.10 Å². The molecule has 0 fully saturated rings. The average Bonchev–Trinajstić information content (AvgIpc) is 3.54. The van der Waals surface area contributed by atoms with E-state index in [1.807, 2.05) is 19.3 Å². The molecule has 3 aromatic carbocycles. The number of aromatic nitrogens is 5. The number of benzene rings is 3. The Bertz CT molecular complexity index is 1950. The van der Waals surface area contributed by atoms with Crippen LogP contribution in [0.5, 0.6) is 0 Å². The van der Waals surface area contributed by atoms with Crippen molar-refractivity contribution in [3.05, 3.63) is 109 Å². The predicted molar refractivity (Wildman–Crippen MR) is 144 cm³/mol. The molecule has 0 spiro atoms. The Morgan fingerprint density at radius 2 is 1.67 bits per heavy atom. The Kier molecular flexibility index (Phi) is 5.92. The van der Waals surface area contributed by atoms with Crippen molar-refractivity contribution in [1.29, 1.82) is 0 Å². The number of hydrogen-bond donors (Lipinski definition) is 1. The topological polar surface area (TPSA) is 94.7 Å². The second kappa shape index (κ2) is 9.44. The van der Waals surface area contributed by atoms with Gasteiger partial charge in [-0.15, -0.1) is 0 Å². The zero-order valence-electron chi connectivity index (χ0n) is 20.5. The molecule has 0 atom stereocenters. The van der Waals surface area contributed by atoms with E-state index in [1.54, 1.807) is 58.3 Å². The third-order valence-corrected chi connectivity index (χ3v) is 7.57. The van der Waals surface area contributed by atoms with Gasteiger partial charge in [0.1, 0.15) is 23.5 Å². The van der Waals surface area contributed by atoms with Gasteiger partial charge in [-0.1, -0.05) is 18.2 Å². The number of nitrogens with zero attached hydrogens (tertiary/aromatic N) is 5. The van der Waals surface area contributed by atoms with Gasteiger partial charge >= 0.3 is 0 Å². The van der Waals surface area contributed by atoms with E-state index in [0.29, 0.717) is 22.4 Å². The Balaban J connectivity index is 1.48. The Hall–Kier alpha value is -4.90. The molecule has 39 heavy (non-hydrogen) atoms. The Morgan fingerprint density at radius 1 is 0.846 bits per heavy atom. The first-order valence-corrected chi connectivity index (χ1v) is 13.3. The van der Waals surface area contributed by atoms with Crippen molar-refractivity contribution in [2.45, 2.75) is 4.90 Å². The summed E-state index contributed by atoms with van der Waals surface area (Å²) >= 11 is 0. The number of halogens is 2. The molecule has 0 amide bonds. The van der Waals surface area contributed by atoms with Gasteiger partial charge in [0.05, 0.1) is 22.5 Å². The monoisotopic (exact) mass is 542 g/mol. The molecule has 0 aliphatic carbocycles. The van der Waals surface area contributed by atoms with Crippen LogP contribution in [0.2, 0.25) is 0 Å². The summed E-state index contributed by atoms with van der Waals surface area (Å²) in [4.78, 5) is 9.14. The van der Waals surface area contributed by atoms with E-state index in [1.165, 1.54) is 24.3 Å². The molecule has 0 saturated heterocycles. The molecule has 1 N–H and O–H groups in total. The number of fused-ring (bicyclic) bond motifs is 1. The molecule has 0 unspecified atom stereocenters. The summed E-state index contributed by atoms with van der Waals surface area (Å²) in [7, 11) is -2.12. The maximum atomic E-state index is 14.8. The fourth-order valence-corrected chi connectivity index (χ4v) is 5.38. The van der Waals surface area contributed by atoms with E-state index in [0.717, 1.165) is 23.3 Å². The van der Waals surface area contributed by atoms with Gasteiger partial charge in [0, 0.05) is 42.2 Å². The lowest BCUT2D eigenvalue weighted by Crippen LogP contribution is -2.13. The average molecular weight is 543 g/mol. The molecule has 0 aliphatic rings. The third kappa shape index (κ3) is 4.75. The van der Waals surface area contributed by atoms with E-state index in [2.05, 4.69) is 19.8 Å². The largest absolute Gasteiger partial charge is 0.283 e. The van der Waals surface area contributed by atoms with Gasteiger partial charge in [0.2, 0.25) is 0 Å². The minimum absolute atomic E-state index is 0.0718. The van der Waals surface area contributed by atoms with E-state index in [4.69, 9.17) is 0 Å². The van der Waals surface area contributed by atoms with Crippen LogP contribution in [0.15, 0.2) is 103 Å². The first-order chi connectivity index (χ1) is 18.8. The smallest absolute Gasteiger partial charge is 0.261 e. The number of aryl methyl sites for hydroxylation is 1. The van der Waals surface area contributed by atoms with Gasteiger partial charge in [0.15, 0.2) is 5.65 Å². The summed E-state index contributed by atoms with van der Waals surface area (Å²) in [6.07, 6.45) is 6.84. The van der Waals surface area contributed by atoms with Crippen LogP contribution in [0, 0.1) is 11.6 Å². The maximum absolute atomic E-state index is 14.8. The SMILES string of the molecule is Cn1cc(-c2cnc3c(c2)ncn3-c2cc(NS(=O)(=O)c3ccccc3)cc(-c3ccc(F)cc3F)c2)cn1. The van der Waals surface area contributed by atoms with Crippen LogP contribution in [0.1, 0.15) is 0 Å². The van der Waals surface area contributed by atoms with E-state index < -0.39 is 21.7 Å². The van der Waals surface area contributed by atoms with Crippen LogP contribution in [0.4, 0.5) is 14.5 Å². The van der Waals surface area contributed by atoms with Crippen LogP contribution >= 0.6 is 0 Å². The van der Waals surface area contributed by atoms with Crippen molar-refractivity contribution >= 4 is 26.9 Å². The second-order valence-electron chi connectivity index (χ2n) is 8.90. The minimum Gasteiger partial charge on any atom is -0.283 e. The number of imidazole rings is 1. The van der Waals surface area contributed by atoms with Crippen molar-refractivity contribution in [2.75, 3.05) is 4.72 Å². The predicted octanol–water partition coefficient (Wildman–Crippen LogP) is 5.57. The molecule has 0 aliphatic heterocycles. The quantitative estimate of drug-likeness (QED) is 0.297. The van der Waals surface area contributed by atoms with Crippen LogP contribution in [-0.2, 0) is 17.1 Å². The van der Waals surface area contributed by atoms with E-state index in [-0.39, 0.29) is 16.1 Å². The highest BCUT2D eigenvalue weighted by Gasteiger charge is 2.18. The Morgan fingerprint density at radius 3 is 2.41 bits per heavy atom. The van der Waals surface area contributed by atoms with Crippen LogP contribution in [0.25, 0.3) is 39.1 Å². The number of rotatable bonds is 6. The van der Waals surface area contributed by atoms with Crippen LogP contribution in [0.3, 0.4) is 0 Å². The minimum atomic E-state index is -3.94. The fraction of sp³-hybridized carbons (Fsp3) is 0.0357. The standard InChI is InChI=1S/C28H20F2N6O2S/c1-35-16-20(15-33-35)19-11-27-28(31-14-19)36(17-32-27)23-10-18(25-8-7-21(29)12-26(25)30)9-22(13-23)34-39(37,38)24-5-3-2-4-6-24/h2-17,34H,1H3. The molecular formula is C28H20F2N6O2S. The normalized spacial score (nSPS) is 11.7. The number of nitrogens with one attached hydrogen (secondary N) is 1. The highest BCUT2D eigenvalue weighted by molar-refractivity contribution is 7.92. The number of anilines is 1. The summed E-state index contributed by atoms with van der Waals surface area (Å²) in [5.41, 5.74) is 3.93. The number of hydrogen-bond acceptors (Lipinski definition) is 5. The lowest BCUT2D eigenvalue weighted by molar-refractivity contribution is 0.585. The molecule has 194 valence electrons. The number of sulfonamides is 1. The first-order valence-electron chi connectivity index (χ1n) is 11.8. The summed E-state index contributed by atoms with van der Waals surface area (Å²) in [6.45, 7) is 0. The molecular weight excluding hydrogens is 522 g/mol. The lowest BCUT2D eigenvalue weighted by Gasteiger charge is -2.14. The molecule has 11 heteroatoms. The summed E-state index contributed by atoms with van der Waals surface area (Å²) in [6, 6.07) is 17.8. The lowest BCUT2D eigenvalue weighted by atomic mass is 10.0. The van der Waals surface area contributed by atoms with Gasteiger partial charge < -0.3 is 0 Å². The molecule has 6 aromatic rings.